The number of benzene rings is 3. The molecule has 0 spiro atoms. The van der Waals surface area contributed by atoms with Gasteiger partial charge in [-0.05, 0) is 50.1 Å². The highest BCUT2D eigenvalue weighted by molar-refractivity contribution is 5.99. The minimum absolute atomic E-state index is 0.144. The van der Waals surface area contributed by atoms with Crippen LogP contribution < -0.4 is 10.2 Å². The maximum absolute atomic E-state index is 13.5. The van der Waals surface area contributed by atoms with Crippen LogP contribution in [0.1, 0.15) is 36.7 Å². The van der Waals surface area contributed by atoms with E-state index in [9.17, 15) is 9.59 Å². The molecule has 0 fully saturated rings. The minimum atomic E-state index is -0.672. The van der Waals surface area contributed by atoms with Crippen molar-refractivity contribution in [3.8, 4) is 0 Å². The average molecular weight is 468 g/mol. The molecule has 1 atom stereocenters. The monoisotopic (exact) mass is 467 g/mol. The molecule has 0 aliphatic rings. The van der Waals surface area contributed by atoms with Gasteiger partial charge in [-0.1, -0.05) is 66.7 Å². The van der Waals surface area contributed by atoms with Crippen LogP contribution in [0.5, 0.6) is 0 Å². The van der Waals surface area contributed by atoms with Gasteiger partial charge in [0.05, 0.1) is 6.42 Å². The Balaban J connectivity index is 1.60. The molecule has 1 heterocycles. The Hall–Kier alpha value is -3.86. The highest BCUT2D eigenvalue weighted by Gasteiger charge is 2.26. The molecule has 4 aromatic rings. The number of aromatic nitrogens is 1. The van der Waals surface area contributed by atoms with Crippen LogP contribution in [0.4, 0.5) is 5.69 Å². The van der Waals surface area contributed by atoms with Gasteiger partial charge in [0, 0.05) is 41.8 Å². The third-order valence-corrected chi connectivity index (χ3v) is 6.53. The molecule has 0 aliphatic carbocycles. The Morgan fingerprint density at radius 1 is 0.886 bits per heavy atom. The third kappa shape index (κ3) is 5.29. The Bertz CT molecular complexity index is 1310. The molecule has 180 valence electrons. The molecule has 0 saturated carbocycles. The summed E-state index contributed by atoms with van der Waals surface area (Å²) >= 11 is 0. The fourth-order valence-electron chi connectivity index (χ4n) is 4.82. The molecule has 0 radical (unpaired) electrons. The van der Waals surface area contributed by atoms with E-state index in [1.165, 1.54) is 0 Å². The summed E-state index contributed by atoms with van der Waals surface area (Å²) in [7, 11) is 1.75. The molecule has 5 nitrogen and oxygen atoms in total. The molecule has 0 saturated heterocycles. The first-order valence-corrected chi connectivity index (χ1v) is 12.1. The second kappa shape index (κ2) is 10.6. The van der Waals surface area contributed by atoms with Crippen molar-refractivity contribution in [1.29, 1.82) is 0 Å². The number of hydrogen-bond donors (Lipinski definition) is 1. The summed E-state index contributed by atoms with van der Waals surface area (Å²) in [6.07, 6.45) is 0.648. The van der Waals surface area contributed by atoms with Crippen molar-refractivity contribution in [2.75, 3.05) is 11.9 Å². The van der Waals surface area contributed by atoms with E-state index in [4.69, 9.17) is 0 Å². The SMILES string of the molecule is Cc1c(CC(=O)N[C@@H](Cc2ccccc2)C(=O)N(C)c2ccccc2)c2ccccc2n1C(C)C. The van der Waals surface area contributed by atoms with Gasteiger partial charge in [0.2, 0.25) is 11.8 Å². The Morgan fingerprint density at radius 3 is 2.14 bits per heavy atom. The number of anilines is 1. The number of fused-ring (bicyclic) bond motifs is 1. The minimum Gasteiger partial charge on any atom is -0.344 e. The molecule has 3 aromatic carbocycles. The molecule has 4 rings (SSSR count). The van der Waals surface area contributed by atoms with Gasteiger partial charge in [-0.15, -0.1) is 0 Å². The molecule has 0 bridgehead atoms. The molecule has 2 amide bonds. The first kappa shape index (κ1) is 24.3. The lowest BCUT2D eigenvalue weighted by Gasteiger charge is -2.25. The van der Waals surface area contributed by atoms with E-state index in [2.05, 4.69) is 42.8 Å². The zero-order valence-corrected chi connectivity index (χ0v) is 20.9. The zero-order valence-electron chi connectivity index (χ0n) is 20.9. The van der Waals surface area contributed by atoms with Crippen LogP contribution in [0.2, 0.25) is 0 Å². The van der Waals surface area contributed by atoms with Crippen molar-refractivity contribution in [2.24, 2.45) is 0 Å². The van der Waals surface area contributed by atoms with E-state index in [1.54, 1.807) is 11.9 Å². The lowest BCUT2D eigenvalue weighted by molar-refractivity contribution is -0.127. The summed E-state index contributed by atoms with van der Waals surface area (Å²) in [5.41, 5.74) is 5.02. The van der Waals surface area contributed by atoms with Gasteiger partial charge in [-0.3, -0.25) is 9.59 Å². The summed E-state index contributed by atoms with van der Waals surface area (Å²) in [5.74, 6) is -0.301. The molecule has 1 N–H and O–H groups in total. The number of para-hydroxylation sites is 2. The number of carbonyl (C=O) groups is 2. The number of carbonyl (C=O) groups excluding carboxylic acids is 2. The first-order chi connectivity index (χ1) is 16.9. The summed E-state index contributed by atoms with van der Waals surface area (Å²) in [4.78, 5) is 28.5. The molecule has 0 aliphatic heterocycles. The van der Waals surface area contributed by atoms with E-state index in [0.29, 0.717) is 6.42 Å². The number of nitrogens with zero attached hydrogens (tertiary/aromatic N) is 2. The topological polar surface area (TPSA) is 54.3 Å². The number of likely N-dealkylation sites (N-methyl/N-ethyl adjacent to an activating group) is 1. The normalized spacial score (nSPS) is 12.0. The van der Waals surface area contributed by atoms with Crippen LogP contribution in [-0.4, -0.2) is 29.5 Å². The Morgan fingerprint density at radius 2 is 1.49 bits per heavy atom. The lowest BCUT2D eigenvalue weighted by Crippen LogP contribution is -2.49. The smallest absolute Gasteiger partial charge is 0.249 e. The maximum Gasteiger partial charge on any atom is 0.249 e. The summed E-state index contributed by atoms with van der Waals surface area (Å²) in [6, 6.07) is 27.1. The number of amides is 2. The van der Waals surface area contributed by atoms with E-state index in [0.717, 1.165) is 33.4 Å². The van der Waals surface area contributed by atoms with Crippen LogP contribution in [0.3, 0.4) is 0 Å². The summed E-state index contributed by atoms with van der Waals surface area (Å²) in [6.45, 7) is 6.37. The quantitative estimate of drug-likeness (QED) is 0.374. The van der Waals surface area contributed by atoms with E-state index in [-0.39, 0.29) is 24.3 Å². The fraction of sp³-hybridized carbons (Fsp3) is 0.267. The standard InChI is InChI=1S/C30H33N3O2/c1-21(2)33-22(3)26(25-17-11-12-18-28(25)33)20-29(34)31-27(19-23-13-7-5-8-14-23)30(35)32(4)24-15-9-6-10-16-24/h5-18,21,27H,19-20H2,1-4H3,(H,31,34)/t27-/m0/s1. The van der Waals surface area contributed by atoms with E-state index < -0.39 is 6.04 Å². The summed E-state index contributed by atoms with van der Waals surface area (Å²) in [5, 5.41) is 4.14. The molecule has 35 heavy (non-hydrogen) atoms. The predicted molar refractivity (Wildman–Crippen MR) is 143 cm³/mol. The Kier molecular flexibility index (Phi) is 7.35. The van der Waals surface area contributed by atoms with Crippen LogP contribution in [0.25, 0.3) is 10.9 Å². The highest BCUT2D eigenvalue weighted by atomic mass is 16.2. The second-order valence-electron chi connectivity index (χ2n) is 9.26. The van der Waals surface area contributed by atoms with E-state index in [1.807, 2.05) is 72.8 Å². The molecular weight excluding hydrogens is 434 g/mol. The van der Waals surface area contributed by atoms with Gasteiger partial charge in [0.1, 0.15) is 6.04 Å². The van der Waals surface area contributed by atoms with Crippen molar-refractivity contribution >= 4 is 28.4 Å². The number of rotatable bonds is 8. The van der Waals surface area contributed by atoms with E-state index >= 15 is 0 Å². The van der Waals surface area contributed by atoms with Gasteiger partial charge in [-0.2, -0.15) is 0 Å². The van der Waals surface area contributed by atoms with Gasteiger partial charge >= 0.3 is 0 Å². The number of nitrogens with one attached hydrogen (secondary N) is 1. The highest BCUT2D eigenvalue weighted by Crippen LogP contribution is 2.29. The zero-order chi connectivity index (χ0) is 24.9. The molecule has 5 heteroatoms. The van der Waals surface area contributed by atoms with Gasteiger partial charge in [0.15, 0.2) is 0 Å². The van der Waals surface area contributed by atoms with Crippen molar-refractivity contribution in [2.45, 2.75) is 45.7 Å². The van der Waals surface area contributed by atoms with Crippen molar-refractivity contribution < 1.29 is 9.59 Å². The van der Waals surface area contributed by atoms with Crippen molar-refractivity contribution in [1.82, 2.24) is 9.88 Å². The maximum atomic E-state index is 13.5. The van der Waals surface area contributed by atoms with Gasteiger partial charge in [0.25, 0.3) is 0 Å². The van der Waals surface area contributed by atoms with Crippen LogP contribution in [0, 0.1) is 6.92 Å². The largest absolute Gasteiger partial charge is 0.344 e. The van der Waals surface area contributed by atoms with Crippen molar-refractivity contribution in [3.63, 3.8) is 0 Å². The van der Waals surface area contributed by atoms with Gasteiger partial charge in [-0.25, -0.2) is 0 Å². The predicted octanol–water partition coefficient (Wildman–Crippen LogP) is 5.46. The summed E-state index contributed by atoms with van der Waals surface area (Å²) < 4.78 is 2.27. The van der Waals surface area contributed by atoms with Crippen LogP contribution >= 0.6 is 0 Å². The third-order valence-electron chi connectivity index (χ3n) is 6.53. The average Bonchev–Trinajstić information content (AvgIpc) is 3.15. The van der Waals surface area contributed by atoms with Crippen LogP contribution in [-0.2, 0) is 22.4 Å². The fourth-order valence-corrected chi connectivity index (χ4v) is 4.82. The number of hydrogen-bond acceptors (Lipinski definition) is 2. The molecule has 1 aromatic heterocycles. The lowest BCUT2D eigenvalue weighted by atomic mass is 10.0. The Labute approximate surface area is 207 Å². The second-order valence-corrected chi connectivity index (χ2v) is 9.26. The van der Waals surface area contributed by atoms with Crippen LogP contribution in [0.15, 0.2) is 84.9 Å². The molecular formula is C30H33N3O2. The first-order valence-electron chi connectivity index (χ1n) is 12.1. The van der Waals surface area contributed by atoms with Gasteiger partial charge < -0.3 is 14.8 Å². The van der Waals surface area contributed by atoms with Crippen molar-refractivity contribution in [3.05, 3.63) is 102 Å². The molecule has 0 unspecified atom stereocenters.